The van der Waals surface area contributed by atoms with Crippen LogP contribution in [0.15, 0.2) is 24.8 Å². The van der Waals surface area contributed by atoms with Crippen LogP contribution in [-0.4, -0.2) is 36.4 Å². The maximum atomic E-state index is 12.3. The van der Waals surface area contributed by atoms with Crippen molar-refractivity contribution in [1.82, 2.24) is 24.6 Å². The first-order chi connectivity index (χ1) is 11.5. The number of hydrogen-bond donors (Lipinski definition) is 2. The Kier molecular flexibility index (Phi) is 4.99. The Morgan fingerprint density at radius 2 is 2.29 bits per heavy atom. The predicted octanol–water partition coefficient (Wildman–Crippen LogP) is 1.33. The molecule has 1 aliphatic carbocycles. The van der Waals surface area contributed by atoms with E-state index in [0.717, 1.165) is 37.2 Å². The molecular weight excluding hydrogens is 306 g/mol. The smallest absolute Gasteiger partial charge is 0.220 e. The van der Waals surface area contributed by atoms with Crippen molar-refractivity contribution in [2.75, 3.05) is 0 Å². The molecule has 1 atom stereocenters. The molecule has 0 radical (unpaired) electrons. The average molecular weight is 331 g/mol. The molecule has 0 aliphatic heterocycles. The zero-order valence-electron chi connectivity index (χ0n) is 14.2. The fourth-order valence-electron chi connectivity index (χ4n) is 3.27. The molecule has 3 rings (SSSR count). The first-order valence-corrected chi connectivity index (χ1v) is 8.46. The van der Waals surface area contributed by atoms with E-state index in [1.165, 1.54) is 0 Å². The summed E-state index contributed by atoms with van der Waals surface area (Å²) in [6.07, 6.45) is 9.91. The molecule has 2 aromatic heterocycles. The van der Waals surface area contributed by atoms with Crippen molar-refractivity contribution in [3.63, 3.8) is 0 Å². The van der Waals surface area contributed by atoms with Crippen LogP contribution in [0.2, 0.25) is 0 Å². The van der Waals surface area contributed by atoms with Crippen LogP contribution < -0.4 is 5.32 Å². The first-order valence-electron chi connectivity index (χ1n) is 8.46. The quantitative estimate of drug-likeness (QED) is 0.802. The number of hydrogen-bond acceptors (Lipinski definition) is 4. The summed E-state index contributed by atoms with van der Waals surface area (Å²) in [5, 5.41) is 16.9. The second kappa shape index (κ2) is 7.17. The third-order valence-electron chi connectivity index (χ3n) is 4.75. The van der Waals surface area contributed by atoms with Gasteiger partial charge in [0.15, 0.2) is 0 Å². The van der Waals surface area contributed by atoms with E-state index in [1.54, 1.807) is 17.1 Å². The van der Waals surface area contributed by atoms with E-state index in [2.05, 4.69) is 15.4 Å². The second-order valence-electron chi connectivity index (χ2n) is 6.65. The number of nitrogens with zero attached hydrogens (tertiary/aromatic N) is 4. The van der Waals surface area contributed by atoms with Gasteiger partial charge in [-0.3, -0.25) is 9.48 Å². The SMILES string of the molecule is Cc1nccn1CCCC(=O)NC(c1cnn(C)c1)C1CC(O)C1. The molecule has 130 valence electrons. The van der Waals surface area contributed by atoms with Crippen molar-refractivity contribution in [2.45, 2.75) is 51.3 Å². The topological polar surface area (TPSA) is 85.0 Å². The maximum Gasteiger partial charge on any atom is 0.220 e. The fraction of sp³-hybridized carbons (Fsp3) is 0.588. The minimum absolute atomic E-state index is 0.0445. The molecule has 0 spiro atoms. The van der Waals surface area contributed by atoms with Gasteiger partial charge < -0.3 is 15.0 Å². The normalized spacial score (nSPS) is 21.3. The summed E-state index contributed by atoms with van der Waals surface area (Å²) >= 11 is 0. The largest absolute Gasteiger partial charge is 0.393 e. The van der Waals surface area contributed by atoms with Crippen LogP contribution in [0, 0.1) is 12.8 Å². The van der Waals surface area contributed by atoms with Gasteiger partial charge in [-0.1, -0.05) is 0 Å². The van der Waals surface area contributed by atoms with Crippen LogP contribution in [0.4, 0.5) is 0 Å². The Morgan fingerprint density at radius 1 is 1.50 bits per heavy atom. The van der Waals surface area contributed by atoms with E-state index in [4.69, 9.17) is 0 Å². The van der Waals surface area contributed by atoms with Gasteiger partial charge >= 0.3 is 0 Å². The third kappa shape index (κ3) is 3.84. The Balaban J connectivity index is 1.54. The van der Waals surface area contributed by atoms with Crippen molar-refractivity contribution in [2.24, 2.45) is 13.0 Å². The van der Waals surface area contributed by atoms with Crippen LogP contribution in [0.3, 0.4) is 0 Å². The molecule has 1 amide bonds. The summed E-state index contributed by atoms with van der Waals surface area (Å²) < 4.78 is 3.79. The highest BCUT2D eigenvalue weighted by Gasteiger charge is 2.36. The van der Waals surface area contributed by atoms with E-state index >= 15 is 0 Å². The standard InChI is InChI=1S/C17H25N5O2/c1-12-18-5-7-22(12)6-3-4-16(24)20-17(13-8-15(23)9-13)14-10-19-21(2)11-14/h5,7,10-11,13,15,17,23H,3-4,6,8-9H2,1-2H3,(H,20,24). The van der Waals surface area contributed by atoms with Gasteiger partial charge in [0.25, 0.3) is 0 Å². The van der Waals surface area contributed by atoms with Crippen LogP contribution in [0.1, 0.15) is 43.1 Å². The van der Waals surface area contributed by atoms with Crippen molar-refractivity contribution in [1.29, 1.82) is 0 Å². The van der Waals surface area contributed by atoms with Gasteiger partial charge in [0, 0.05) is 44.2 Å². The highest BCUT2D eigenvalue weighted by molar-refractivity contribution is 5.76. The summed E-state index contributed by atoms with van der Waals surface area (Å²) in [6, 6.07) is -0.0652. The molecule has 0 aromatic carbocycles. The lowest BCUT2D eigenvalue weighted by atomic mass is 9.75. The molecule has 2 heterocycles. The molecule has 1 fully saturated rings. The van der Waals surface area contributed by atoms with Crippen molar-refractivity contribution < 1.29 is 9.90 Å². The van der Waals surface area contributed by atoms with Gasteiger partial charge in [-0.15, -0.1) is 0 Å². The number of amides is 1. The van der Waals surface area contributed by atoms with Gasteiger partial charge in [-0.25, -0.2) is 4.98 Å². The van der Waals surface area contributed by atoms with Gasteiger partial charge in [-0.2, -0.15) is 5.10 Å². The van der Waals surface area contributed by atoms with E-state index in [9.17, 15) is 9.90 Å². The summed E-state index contributed by atoms with van der Waals surface area (Å²) in [6.45, 7) is 2.75. The highest BCUT2D eigenvalue weighted by atomic mass is 16.3. The lowest BCUT2D eigenvalue weighted by Crippen LogP contribution is -2.41. The number of nitrogens with one attached hydrogen (secondary N) is 1. The van der Waals surface area contributed by atoms with Crippen molar-refractivity contribution in [3.05, 3.63) is 36.2 Å². The van der Waals surface area contributed by atoms with Gasteiger partial charge in [-0.05, 0) is 32.1 Å². The highest BCUT2D eigenvalue weighted by Crippen LogP contribution is 2.38. The van der Waals surface area contributed by atoms with E-state index < -0.39 is 0 Å². The van der Waals surface area contributed by atoms with Crippen molar-refractivity contribution in [3.8, 4) is 0 Å². The lowest BCUT2D eigenvalue weighted by molar-refractivity contribution is -0.123. The molecule has 0 bridgehead atoms. The number of aromatic nitrogens is 4. The fourth-order valence-corrected chi connectivity index (χ4v) is 3.27. The summed E-state index contributed by atoms with van der Waals surface area (Å²) in [7, 11) is 1.87. The predicted molar refractivity (Wildman–Crippen MR) is 89.0 cm³/mol. The molecule has 1 unspecified atom stereocenters. The van der Waals surface area contributed by atoms with E-state index in [-0.39, 0.29) is 24.0 Å². The van der Waals surface area contributed by atoms with Gasteiger partial charge in [0.05, 0.1) is 18.3 Å². The van der Waals surface area contributed by atoms with Gasteiger partial charge in [0.2, 0.25) is 5.91 Å². The molecular formula is C17H25N5O2. The monoisotopic (exact) mass is 331 g/mol. The zero-order chi connectivity index (χ0) is 17.1. The first kappa shape index (κ1) is 16.7. The minimum Gasteiger partial charge on any atom is -0.393 e. The molecule has 1 saturated carbocycles. The molecule has 24 heavy (non-hydrogen) atoms. The number of aliphatic hydroxyl groups excluding tert-OH is 1. The molecule has 7 heteroatoms. The molecule has 2 aromatic rings. The zero-order valence-corrected chi connectivity index (χ0v) is 14.2. The Morgan fingerprint density at radius 3 is 2.88 bits per heavy atom. The molecule has 1 aliphatic rings. The average Bonchev–Trinajstić information content (AvgIpc) is 3.11. The maximum absolute atomic E-state index is 12.3. The number of carbonyl (C=O) groups excluding carboxylic acids is 1. The van der Waals surface area contributed by atoms with Crippen LogP contribution in [0.5, 0.6) is 0 Å². The van der Waals surface area contributed by atoms with Crippen LogP contribution >= 0.6 is 0 Å². The van der Waals surface area contributed by atoms with Crippen molar-refractivity contribution >= 4 is 5.91 Å². The lowest BCUT2D eigenvalue weighted by Gasteiger charge is -2.37. The number of carbonyl (C=O) groups is 1. The van der Waals surface area contributed by atoms with E-state index in [1.807, 2.05) is 30.9 Å². The summed E-state index contributed by atoms with van der Waals surface area (Å²) in [4.78, 5) is 16.5. The van der Waals surface area contributed by atoms with E-state index in [0.29, 0.717) is 6.42 Å². The molecule has 7 nitrogen and oxygen atoms in total. The van der Waals surface area contributed by atoms with Gasteiger partial charge in [0.1, 0.15) is 5.82 Å². The number of rotatable bonds is 7. The van der Waals surface area contributed by atoms with Crippen LogP contribution in [-0.2, 0) is 18.4 Å². The molecule has 0 saturated heterocycles. The Hall–Kier alpha value is -2.15. The summed E-state index contributed by atoms with van der Waals surface area (Å²) in [5.74, 6) is 1.29. The number of aliphatic hydroxyl groups is 1. The molecule has 2 N–H and O–H groups in total. The Labute approximate surface area is 141 Å². The number of imidazole rings is 1. The number of aryl methyl sites for hydroxylation is 3. The minimum atomic E-state index is -0.240. The third-order valence-corrected chi connectivity index (χ3v) is 4.75. The summed E-state index contributed by atoms with van der Waals surface area (Å²) in [5.41, 5.74) is 1.01. The second-order valence-corrected chi connectivity index (χ2v) is 6.65. The van der Waals surface area contributed by atoms with Crippen LogP contribution in [0.25, 0.3) is 0 Å². The Bertz CT molecular complexity index is 687.